The van der Waals surface area contributed by atoms with Crippen LogP contribution in [0.1, 0.15) is 10.5 Å². The SMILES string of the molecule is O=C(O)c1cc(-c2ccnc(Nc3cccc(OC(F)(F)C(F)F)c3)n2)ccn1. The van der Waals surface area contributed by atoms with Crippen LogP contribution in [0.5, 0.6) is 5.75 Å². The molecule has 0 saturated carbocycles. The van der Waals surface area contributed by atoms with Gasteiger partial charge in [0, 0.05) is 29.7 Å². The summed E-state index contributed by atoms with van der Waals surface area (Å²) in [5.41, 5.74) is 0.895. The smallest absolute Gasteiger partial charge is 0.461 e. The first-order valence-corrected chi connectivity index (χ1v) is 7.99. The van der Waals surface area contributed by atoms with E-state index in [2.05, 4.69) is 25.0 Å². The molecule has 2 heterocycles. The Balaban J connectivity index is 1.82. The van der Waals surface area contributed by atoms with Crippen LogP contribution in [0.15, 0.2) is 54.9 Å². The number of nitrogens with one attached hydrogen (secondary N) is 1. The third-order valence-electron chi connectivity index (χ3n) is 3.53. The number of pyridine rings is 1. The molecule has 3 aromatic rings. The van der Waals surface area contributed by atoms with Gasteiger partial charge in [0.25, 0.3) is 0 Å². The van der Waals surface area contributed by atoms with Gasteiger partial charge < -0.3 is 15.2 Å². The van der Waals surface area contributed by atoms with Crippen molar-refractivity contribution >= 4 is 17.6 Å². The zero-order valence-corrected chi connectivity index (χ0v) is 14.4. The first-order chi connectivity index (χ1) is 13.7. The quantitative estimate of drug-likeness (QED) is 0.565. The first kappa shape index (κ1) is 20.0. The summed E-state index contributed by atoms with van der Waals surface area (Å²) in [5, 5.41) is 11.8. The van der Waals surface area contributed by atoms with Gasteiger partial charge in [0.2, 0.25) is 5.95 Å². The Kier molecular flexibility index (Phi) is 5.57. The molecule has 0 aliphatic rings. The van der Waals surface area contributed by atoms with E-state index >= 15 is 0 Å². The van der Waals surface area contributed by atoms with Gasteiger partial charge in [0.05, 0.1) is 5.69 Å². The van der Waals surface area contributed by atoms with Gasteiger partial charge in [-0.05, 0) is 30.3 Å². The molecule has 0 amide bonds. The number of ether oxygens (including phenoxy) is 1. The number of hydrogen-bond acceptors (Lipinski definition) is 6. The van der Waals surface area contributed by atoms with Crippen LogP contribution in [0, 0.1) is 0 Å². The molecule has 0 aliphatic carbocycles. The number of rotatable bonds is 7. The van der Waals surface area contributed by atoms with Gasteiger partial charge in [-0.3, -0.25) is 0 Å². The Hall–Kier alpha value is -3.76. The fourth-order valence-corrected chi connectivity index (χ4v) is 2.25. The van der Waals surface area contributed by atoms with Gasteiger partial charge in [0.15, 0.2) is 0 Å². The monoisotopic (exact) mass is 408 g/mol. The van der Waals surface area contributed by atoms with Gasteiger partial charge in [-0.2, -0.15) is 17.6 Å². The van der Waals surface area contributed by atoms with Crippen molar-refractivity contribution in [2.75, 3.05) is 5.32 Å². The number of nitrogens with zero attached hydrogens (tertiary/aromatic N) is 3. The molecule has 7 nitrogen and oxygen atoms in total. The summed E-state index contributed by atoms with van der Waals surface area (Å²) in [6, 6.07) is 9.40. The van der Waals surface area contributed by atoms with Gasteiger partial charge in [0.1, 0.15) is 11.4 Å². The lowest BCUT2D eigenvalue weighted by Gasteiger charge is -2.17. The summed E-state index contributed by atoms with van der Waals surface area (Å²) in [5.74, 6) is -1.61. The van der Waals surface area contributed by atoms with Crippen LogP contribution < -0.4 is 10.1 Å². The van der Waals surface area contributed by atoms with Crippen LogP contribution in [-0.2, 0) is 0 Å². The molecule has 3 rings (SSSR count). The topological polar surface area (TPSA) is 97.2 Å². The zero-order valence-electron chi connectivity index (χ0n) is 14.4. The largest absolute Gasteiger partial charge is 0.477 e. The summed E-state index contributed by atoms with van der Waals surface area (Å²) < 4.78 is 54.7. The highest BCUT2D eigenvalue weighted by molar-refractivity contribution is 5.86. The molecular formula is C18H12F4N4O3. The average Bonchev–Trinajstić information content (AvgIpc) is 2.68. The van der Waals surface area contributed by atoms with Crippen LogP contribution in [0.4, 0.5) is 29.2 Å². The van der Waals surface area contributed by atoms with Gasteiger partial charge in [-0.1, -0.05) is 6.07 Å². The number of carboxylic acids is 1. The standard InChI is InChI=1S/C18H12F4N4O3/c19-16(20)18(21,22)29-12-3-1-2-11(9-12)25-17-24-7-5-13(26-17)10-4-6-23-14(8-10)15(27)28/h1-9,16H,(H,27,28)(H,24,25,26). The van der Waals surface area contributed by atoms with Crippen molar-refractivity contribution in [3.63, 3.8) is 0 Å². The molecule has 0 saturated heterocycles. The Morgan fingerprint density at radius 3 is 2.59 bits per heavy atom. The number of aromatic carboxylic acids is 1. The molecular weight excluding hydrogens is 396 g/mol. The number of aromatic nitrogens is 3. The Morgan fingerprint density at radius 2 is 1.86 bits per heavy atom. The minimum absolute atomic E-state index is 0.0638. The zero-order chi connectivity index (χ0) is 21.0. The van der Waals surface area contributed by atoms with Crippen LogP contribution >= 0.6 is 0 Å². The highest BCUT2D eigenvalue weighted by Crippen LogP contribution is 2.29. The molecule has 29 heavy (non-hydrogen) atoms. The van der Waals surface area contributed by atoms with Crippen LogP contribution in [-0.4, -0.2) is 38.6 Å². The predicted octanol–water partition coefficient (Wildman–Crippen LogP) is 4.22. The second-order valence-corrected chi connectivity index (χ2v) is 5.62. The van der Waals surface area contributed by atoms with E-state index in [1.54, 1.807) is 6.07 Å². The lowest BCUT2D eigenvalue weighted by molar-refractivity contribution is -0.253. The van der Waals surface area contributed by atoms with Crippen molar-refractivity contribution in [2.24, 2.45) is 0 Å². The van der Waals surface area contributed by atoms with Crippen LogP contribution in [0.2, 0.25) is 0 Å². The fraction of sp³-hybridized carbons (Fsp3) is 0.111. The highest BCUT2D eigenvalue weighted by Gasteiger charge is 2.43. The highest BCUT2D eigenvalue weighted by atomic mass is 19.3. The lowest BCUT2D eigenvalue weighted by Crippen LogP contribution is -2.33. The number of anilines is 2. The predicted molar refractivity (Wildman–Crippen MR) is 93.5 cm³/mol. The van der Waals surface area contributed by atoms with Crippen molar-refractivity contribution in [1.29, 1.82) is 0 Å². The summed E-state index contributed by atoms with van der Waals surface area (Å²) in [6.07, 6.45) is -5.89. The Morgan fingerprint density at radius 1 is 1.10 bits per heavy atom. The maximum absolute atomic E-state index is 13.1. The second-order valence-electron chi connectivity index (χ2n) is 5.62. The van der Waals surface area contributed by atoms with Crippen molar-refractivity contribution in [2.45, 2.75) is 12.5 Å². The van der Waals surface area contributed by atoms with Gasteiger partial charge in [-0.25, -0.2) is 19.7 Å². The maximum atomic E-state index is 13.1. The number of alkyl halides is 4. The fourth-order valence-electron chi connectivity index (χ4n) is 2.25. The van der Waals surface area contributed by atoms with Crippen molar-refractivity contribution in [3.8, 4) is 17.0 Å². The van der Waals surface area contributed by atoms with E-state index in [0.29, 0.717) is 11.3 Å². The molecule has 150 valence electrons. The first-order valence-electron chi connectivity index (χ1n) is 7.99. The molecule has 0 spiro atoms. The molecule has 2 aromatic heterocycles. The maximum Gasteiger partial charge on any atom is 0.461 e. The number of carbonyl (C=O) groups is 1. The summed E-state index contributed by atoms with van der Waals surface area (Å²) in [6.45, 7) is 0. The van der Waals surface area contributed by atoms with Gasteiger partial charge in [-0.15, -0.1) is 0 Å². The Labute approximate surface area is 161 Å². The van der Waals surface area contributed by atoms with Crippen molar-refractivity contribution in [1.82, 2.24) is 15.0 Å². The molecule has 11 heteroatoms. The van der Waals surface area contributed by atoms with Crippen LogP contribution in [0.3, 0.4) is 0 Å². The molecule has 0 radical (unpaired) electrons. The van der Waals surface area contributed by atoms with Crippen LogP contribution in [0.25, 0.3) is 11.3 Å². The molecule has 0 unspecified atom stereocenters. The van der Waals surface area contributed by atoms with E-state index in [9.17, 15) is 22.4 Å². The Bertz CT molecular complexity index is 1030. The molecule has 2 N–H and O–H groups in total. The number of halogens is 4. The molecule has 0 fully saturated rings. The molecule has 0 atom stereocenters. The third kappa shape index (κ3) is 4.94. The molecule has 0 bridgehead atoms. The summed E-state index contributed by atoms with van der Waals surface area (Å²) in [7, 11) is 0. The van der Waals surface area contributed by atoms with E-state index < -0.39 is 24.3 Å². The average molecular weight is 408 g/mol. The van der Waals surface area contributed by atoms with E-state index in [1.807, 2.05) is 0 Å². The van der Waals surface area contributed by atoms with E-state index in [1.165, 1.54) is 36.7 Å². The van der Waals surface area contributed by atoms with Gasteiger partial charge >= 0.3 is 18.5 Å². The minimum atomic E-state index is -4.63. The third-order valence-corrected chi connectivity index (χ3v) is 3.53. The van der Waals surface area contributed by atoms with Crippen molar-refractivity contribution < 1.29 is 32.2 Å². The normalized spacial score (nSPS) is 11.3. The van der Waals surface area contributed by atoms with E-state index in [0.717, 1.165) is 12.1 Å². The van der Waals surface area contributed by atoms with E-state index in [4.69, 9.17) is 5.11 Å². The number of hydrogen-bond donors (Lipinski definition) is 2. The summed E-state index contributed by atoms with van der Waals surface area (Å²) >= 11 is 0. The molecule has 0 aliphatic heterocycles. The number of carboxylic acid groups (broad SMARTS) is 1. The minimum Gasteiger partial charge on any atom is -0.477 e. The number of benzene rings is 1. The summed E-state index contributed by atoms with van der Waals surface area (Å²) in [4.78, 5) is 23.0. The van der Waals surface area contributed by atoms with Crippen molar-refractivity contribution in [3.05, 3.63) is 60.6 Å². The second kappa shape index (κ2) is 8.09. The molecule has 1 aromatic carbocycles. The lowest BCUT2D eigenvalue weighted by atomic mass is 10.1. The van der Waals surface area contributed by atoms with E-state index in [-0.39, 0.29) is 17.3 Å².